The molecule has 0 aromatic heterocycles. The first-order chi connectivity index (χ1) is 11.1. The van der Waals surface area contributed by atoms with Gasteiger partial charge in [0.2, 0.25) is 0 Å². The summed E-state index contributed by atoms with van der Waals surface area (Å²) < 4.78 is 5.61. The molecule has 0 radical (unpaired) electrons. The number of esters is 1. The first-order valence-corrected chi connectivity index (χ1v) is 9.71. The zero-order valence-electron chi connectivity index (χ0n) is 14.2. The molecule has 4 nitrogen and oxygen atoms in total. The summed E-state index contributed by atoms with van der Waals surface area (Å²) in [5.74, 6) is 2.26. The molecule has 0 spiro atoms. The Balaban J connectivity index is 1.28. The third kappa shape index (κ3) is 3.30. The van der Waals surface area contributed by atoms with Crippen LogP contribution in [0.15, 0.2) is 0 Å². The monoisotopic (exact) mass is 321 g/mol. The van der Waals surface area contributed by atoms with Crippen molar-refractivity contribution < 1.29 is 14.6 Å². The first kappa shape index (κ1) is 15.9. The number of β-amino-alcohol motifs (C(OH)–C–C–N with tert-alkyl or cyclic N) is 1. The number of likely N-dealkylation sites (tertiary alicyclic amines) is 1. The van der Waals surface area contributed by atoms with Crippen molar-refractivity contribution in [2.24, 2.45) is 23.2 Å². The molecule has 5 aliphatic rings. The lowest BCUT2D eigenvalue weighted by Crippen LogP contribution is -2.51. The number of carbonyl (C=O) groups excluding carboxylic acids is 1. The maximum atomic E-state index is 12.7. The molecule has 1 atom stereocenters. The molecule has 4 heteroatoms. The van der Waals surface area contributed by atoms with Crippen LogP contribution >= 0.6 is 0 Å². The van der Waals surface area contributed by atoms with Crippen LogP contribution in [0.3, 0.4) is 0 Å². The smallest absolute Gasteiger partial charge is 0.312 e. The minimum absolute atomic E-state index is 0.00528. The van der Waals surface area contributed by atoms with Crippen molar-refractivity contribution in [2.75, 3.05) is 26.2 Å². The van der Waals surface area contributed by atoms with Gasteiger partial charge >= 0.3 is 5.97 Å². The van der Waals surface area contributed by atoms with Gasteiger partial charge in [0.15, 0.2) is 0 Å². The molecule has 0 aromatic rings. The number of rotatable bonds is 5. The van der Waals surface area contributed by atoms with E-state index in [4.69, 9.17) is 4.74 Å². The predicted molar refractivity (Wildman–Crippen MR) is 87.9 cm³/mol. The molecule has 1 aliphatic heterocycles. The molecule has 0 aromatic carbocycles. The predicted octanol–water partition coefficient (Wildman–Crippen LogP) is 2.59. The van der Waals surface area contributed by atoms with E-state index in [0.717, 1.165) is 50.1 Å². The van der Waals surface area contributed by atoms with Crippen LogP contribution in [0.5, 0.6) is 0 Å². The van der Waals surface area contributed by atoms with Crippen molar-refractivity contribution in [1.82, 2.24) is 4.90 Å². The Morgan fingerprint density at radius 2 is 1.61 bits per heavy atom. The summed E-state index contributed by atoms with van der Waals surface area (Å²) in [4.78, 5) is 15.0. The summed E-state index contributed by atoms with van der Waals surface area (Å²) in [6, 6.07) is 0. The summed E-state index contributed by atoms with van der Waals surface area (Å²) in [6.07, 6.45) is 10.3. The second kappa shape index (κ2) is 6.36. The number of aliphatic hydroxyl groups excluding tert-OH is 1. The summed E-state index contributed by atoms with van der Waals surface area (Å²) in [5.41, 5.74) is -0.195. The van der Waals surface area contributed by atoms with Gasteiger partial charge in [-0.3, -0.25) is 4.79 Å². The minimum Gasteiger partial charge on any atom is -0.462 e. The Kier molecular flexibility index (Phi) is 4.39. The summed E-state index contributed by atoms with van der Waals surface area (Å²) in [5, 5.41) is 10.2. The van der Waals surface area contributed by atoms with E-state index in [-0.39, 0.29) is 18.0 Å². The van der Waals surface area contributed by atoms with Crippen LogP contribution in [-0.2, 0) is 9.53 Å². The standard InChI is InChI=1S/C19H31NO3/c21-17(12-20-4-2-1-3-5-20)13-23-18(22)19-9-14-6-15(10-19)8-16(7-14)11-19/h14-17,21H,1-13H2/t14?,15?,16?,17-,19?/m0/s1. The normalized spacial score (nSPS) is 41.0. The SMILES string of the molecule is O=C(OC[C@@H](O)CN1CCCCC1)C12CC3CC(CC(C3)C1)C2. The number of ether oxygens (including phenoxy) is 1. The molecule has 5 fully saturated rings. The Labute approximate surface area is 139 Å². The highest BCUT2D eigenvalue weighted by Gasteiger charge is 2.55. The van der Waals surface area contributed by atoms with Gasteiger partial charge in [-0.05, 0) is 82.2 Å². The fourth-order valence-corrected chi connectivity index (χ4v) is 6.18. The van der Waals surface area contributed by atoms with Gasteiger partial charge in [0.05, 0.1) is 5.41 Å². The van der Waals surface area contributed by atoms with Gasteiger partial charge < -0.3 is 14.7 Å². The van der Waals surface area contributed by atoms with Crippen LogP contribution < -0.4 is 0 Å². The molecule has 1 heterocycles. The second-order valence-electron chi connectivity index (χ2n) is 8.81. The Hall–Kier alpha value is -0.610. The zero-order valence-corrected chi connectivity index (χ0v) is 14.2. The van der Waals surface area contributed by atoms with Gasteiger partial charge in [0.25, 0.3) is 0 Å². The third-order valence-corrected chi connectivity index (χ3v) is 6.80. The number of hydrogen-bond acceptors (Lipinski definition) is 4. The van der Waals surface area contributed by atoms with Crippen molar-refractivity contribution >= 4 is 5.97 Å². The molecule has 5 rings (SSSR count). The Morgan fingerprint density at radius 1 is 1.04 bits per heavy atom. The topological polar surface area (TPSA) is 49.8 Å². The van der Waals surface area contributed by atoms with E-state index in [1.54, 1.807) is 0 Å². The van der Waals surface area contributed by atoms with Gasteiger partial charge in [-0.1, -0.05) is 6.42 Å². The number of nitrogens with zero attached hydrogens (tertiary/aromatic N) is 1. The van der Waals surface area contributed by atoms with Crippen LogP contribution in [0, 0.1) is 23.2 Å². The molecule has 0 unspecified atom stereocenters. The van der Waals surface area contributed by atoms with Crippen molar-refractivity contribution in [3.63, 3.8) is 0 Å². The molecule has 130 valence electrons. The van der Waals surface area contributed by atoms with Crippen molar-refractivity contribution in [3.8, 4) is 0 Å². The van der Waals surface area contributed by atoms with E-state index in [9.17, 15) is 9.90 Å². The molecule has 4 aliphatic carbocycles. The Bertz CT molecular complexity index is 409. The molecule has 23 heavy (non-hydrogen) atoms. The average Bonchev–Trinajstić information content (AvgIpc) is 2.52. The lowest BCUT2D eigenvalue weighted by Gasteiger charge is -2.55. The summed E-state index contributed by atoms with van der Waals surface area (Å²) in [7, 11) is 0. The molecule has 0 amide bonds. The molecule has 1 saturated heterocycles. The highest BCUT2D eigenvalue weighted by atomic mass is 16.5. The number of carbonyl (C=O) groups is 1. The molecule has 1 N–H and O–H groups in total. The fourth-order valence-electron chi connectivity index (χ4n) is 6.18. The van der Waals surface area contributed by atoms with E-state index in [1.807, 2.05) is 0 Å². The summed E-state index contributed by atoms with van der Waals surface area (Å²) in [6.45, 7) is 2.96. The van der Waals surface area contributed by atoms with Crippen molar-refractivity contribution in [3.05, 3.63) is 0 Å². The van der Waals surface area contributed by atoms with Crippen LogP contribution in [0.25, 0.3) is 0 Å². The zero-order chi connectivity index (χ0) is 15.9. The maximum Gasteiger partial charge on any atom is 0.312 e. The van der Waals surface area contributed by atoms with Gasteiger partial charge in [0.1, 0.15) is 12.7 Å². The van der Waals surface area contributed by atoms with Crippen LogP contribution in [0.1, 0.15) is 57.8 Å². The first-order valence-electron chi connectivity index (χ1n) is 9.71. The van der Waals surface area contributed by atoms with Crippen LogP contribution in [0.4, 0.5) is 0 Å². The van der Waals surface area contributed by atoms with E-state index in [2.05, 4.69) is 4.90 Å². The number of hydrogen-bond donors (Lipinski definition) is 1. The third-order valence-electron chi connectivity index (χ3n) is 6.80. The lowest BCUT2D eigenvalue weighted by atomic mass is 9.49. The van der Waals surface area contributed by atoms with Crippen molar-refractivity contribution in [2.45, 2.75) is 63.9 Å². The quantitative estimate of drug-likeness (QED) is 0.791. The molecule has 4 saturated carbocycles. The van der Waals surface area contributed by atoms with E-state index in [0.29, 0.717) is 6.54 Å². The van der Waals surface area contributed by atoms with Crippen LogP contribution in [-0.4, -0.2) is 48.3 Å². The molecular weight excluding hydrogens is 290 g/mol. The highest BCUT2D eigenvalue weighted by molar-refractivity contribution is 5.77. The maximum absolute atomic E-state index is 12.7. The number of piperidine rings is 1. The Morgan fingerprint density at radius 3 is 2.17 bits per heavy atom. The molecular formula is C19H31NO3. The van der Waals surface area contributed by atoms with Crippen LogP contribution in [0.2, 0.25) is 0 Å². The number of aliphatic hydroxyl groups is 1. The van der Waals surface area contributed by atoms with Gasteiger partial charge in [0, 0.05) is 6.54 Å². The van der Waals surface area contributed by atoms with Gasteiger partial charge in [-0.2, -0.15) is 0 Å². The molecule has 4 bridgehead atoms. The van der Waals surface area contributed by atoms with Gasteiger partial charge in [-0.25, -0.2) is 0 Å². The van der Waals surface area contributed by atoms with E-state index in [1.165, 1.54) is 38.5 Å². The fraction of sp³-hybridized carbons (Fsp3) is 0.947. The van der Waals surface area contributed by atoms with Crippen molar-refractivity contribution in [1.29, 1.82) is 0 Å². The minimum atomic E-state index is -0.536. The highest BCUT2D eigenvalue weighted by Crippen LogP contribution is 2.60. The largest absolute Gasteiger partial charge is 0.462 e. The van der Waals surface area contributed by atoms with E-state index < -0.39 is 6.10 Å². The van der Waals surface area contributed by atoms with E-state index >= 15 is 0 Å². The van der Waals surface area contributed by atoms with Gasteiger partial charge in [-0.15, -0.1) is 0 Å². The average molecular weight is 321 g/mol. The lowest BCUT2D eigenvalue weighted by molar-refractivity contribution is -0.174. The second-order valence-corrected chi connectivity index (χ2v) is 8.81. The summed E-state index contributed by atoms with van der Waals surface area (Å²) >= 11 is 0.